The molecule has 0 spiro atoms. The van der Waals surface area contributed by atoms with Crippen LogP contribution in [0.1, 0.15) is 60.3 Å². The second-order valence-electron chi connectivity index (χ2n) is 10.7. The minimum absolute atomic E-state index is 0.0928. The fourth-order valence-electron chi connectivity index (χ4n) is 6.59. The van der Waals surface area contributed by atoms with Gasteiger partial charge in [0.2, 0.25) is 0 Å². The first kappa shape index (κ1) is 22.8. The van der Waals surface area contributed by atoms with Gasteiger partial charge in [-0.2, -0.15) is 0 Å². The van der Waals surface area contributed by atoms with Crippen molar-refractivity contribution in [2.75, 3.05) is 6.61 Å². The van der Waals surface area contributed by atoms with Crippen LogP contribution in [0.5, 0.6) is 5.75 Å². The number of ether oxygens (including phenoxy) is 2. The Bertz CT molecular complexity index is 1070. The average Bonchev–Trinajstić information content (AvgIpc) is 2.68. The Hall–Kier alpha value is -2.34. The number of fused-ring (bicyclic) bond motifs is 2. The van der Waals surface area contributed by atoms with Gasteiger partial charge >= 0.3 is 11.6 Å². The first-order valence-corrected chi connectivity index (χ1v) is 11.5. The maximum atomic E-state index is 11.7. The number of carbonyl (C=O) groups is 1. The van der Waals surface area contributed by atoms with Crippen LogP contribution in [0.4, 0.5) is 0 Å². The summed E-state index contributed by atoms with van der Waals surface area (Å²) < 4.78 is 17.2. The summed E-state index contributed by atoms with van der Waals surface area (Å²) in [4.78, 5) is 23.2. The Morgan fingerprint density at radius 1 is 1.12 bits per heavy atom. The van der Waals surface area contributed by atoms with Gasteiger partial charge < -0.3 is 19.0 Å². The van der Waals surface area contributed by atoms with Crippen LogP contribution in [0.15, 0.2) is 39.5 Å². The van der Waals surface area contributed by atoms with Crippen molar-refractivity contribution in [1.29, 1.82) is 0 Å². The molecular weight excluding hydrogens is 408 g/mol. The van der Waals surface area contributed by atoms with Crippen LogP contribution in [-0.2, 0) is 9.53 Å². The van der Waals surface area contributed by atoms with Gasteiger partial charge in [0.1, 0.15) is 17.4 Å². The van der Waals surface area contributed by atoms with Gasteiger partial charge in [-0.15, -0.1) is 0 Å². The lowest BCUT2D eigenvalue weighted by Gasteiger charge is -2.62. The predicted octanol–water partition coefficient (Wildman–Crippen LogP) is 4.71. The normalized spacial score (nSPS) is 34.0. The maximum Gasteiger partial charge on any atom is 0.336 e. The van der Waals surface area contributed by atoms with E-state index in [2.05, 4.69) is 20.8 Å². The Morgan fingerprint density at radius 3 is 2.56 bits per heavy atom. The van der Waals surface area contributed by atoms with E-state index in [1.165, 1.54) is 13.0 Å². The molecule has 5 atom stereocenters. The molecule has 1 heterocycles. The molecule has 1 N–H and O–H groups in total. The largest absolute Gasteiger partial charge is 0.493 e. The van der Waals surface area contributed by atoms with Gasteiger partial charge in [0.05, 0.1) is 12.2 Å². The summed E-state index contributed by atoms with van der Waals surface area (Å²) in [5.41, 5.74) is -1.13. The van der Waals surface area contributed by atoms with Gasteiger partial charge in [-0.1, -0.05) is 20.8 Å². The second-order valence-corrected chi connectivity index (χ2v) is 10.7. The Morgan fingerprint density at radius 2 is 1.84 bits per heavy atom. The Kier molecular flexibility index (Phi) is 5.64. The van der Waals surface area contributed by atoms with E-state index in [1.54, 1.807) is 12.1 Å². The van der Waals surface area contributed by atoms with Crippen molar-refractivity contribution in [3.8, 4) is 5.75 Å². The highest BCUT2D eigenvalue weighted by molar-refractivity contribution is 5.77. The van der Waals surface area contributed by atoms with Crippen LogP contribution in [-0.4, -0.2) is 29.4 Å². The summed E-state index contributed by atoms with van der Waals surface area (Å²) in [5, 5.41) is 12.2. The van der Waals surface area contributed by atoms with E-state index in [-0.39, 0.29) is 34.7 Å². The van der Waals surface area contributed by atoms with Crippen LogP contribution in [0.25, 0.3) is 11.0 Å². The highest BCUT2D eigenvalue weighted by Crippen LogP contribution is 2.62. The zero-order valence-electron chi connectivity index (χ0n) is 19.6. The van der Waals surface area contributed by atoms with Crippen molar-refractivity contribution in [3.05, 3.63) is 40.8 Å². The minimum Gasteiger partial charge on any atom is -0.493 e. The van der Waals surface area contributed by atoms with Crippen LogP contribution in [0.2, 0.25) is 0 Å². The van der Waals surface area contributed by atoms with E-state index in [0.717, 1.165) is 24.6 Å². The van der Waals surface area contributed by atoms with Crippen molar-refractivity contribution in [3.63, 3.8) is 0 Å². The highest BCUT2D eigenvalue weighted by atomic mass is 16.5. The number of aliphatic hydroxyl groups is 1. The van der Waals surface area contributed by atoms with Crippen LogP contribution >= 0.6 is 0 Å². The minimum atomic E-state index is -0.862. The Labute approximate surface area is 188 Å². The molecule has 0 bridgehead atoms. The quantitative estimate of drug-likeness (QED) is 0.545. The number of carbonyl (C=O) groups excluding carboxylic acids is 1. The third-order valence-electron chi connectivity index (χ3n) is 8.27. The van der Waals surface area contributed by atoms with Gasteiger partial charge in [0.15, 0.2) is 0 Å². The summed E-state index contributed by atoms with van der Waals surface area (Å²) in [7, 11) is 0. The third kappa shape index (κ3) is 3.94. The lowest BCUT2D eigenvalue weighted by Crippen LogP contribution is -2.62. The molecule has 6 heteroatoms. The first-order chi connectivity index (χ1) is 14.9. The SMILES string of the molecule is CC(=O)O[C@H]1CC[C@]2(C)[C@H](CC[C@](C)(O)[C@H]2COc2ccc3ccc(=O)oc3c2)C1(C)C. The molecule has 2 aliphatic rings. The zero-order valence-corrected chi connectivity index (χ0v) is 19.6. The standard InChI is InChI=1S/C26H34O6/c1-16(27)31-22-11-12-25(4)20(24(22,2)3)10-13-26(5,29)21(25)15-30-18-8-6-17-7-9-23(28)32-19(17)14-18/h6-9,14,20-22,29H,10-13,15H2,1-5H3/t20-,21+,22+,25-,26+/m1/s1. The van der Waals surface area contributed by atoms with Crippen molar-refractivity contribution < 1.29 is 23.8 Å². The van der Waals surface area contributed by atoms with E-state index < -0.39 is 11.2 Å². The van der Waals surface area contributed by atoms with Crippen molar-refractivity contribution in [1.82, 2.24) is 0 Å². The molecule has 2 saturated carbocycles. The van der Waals surface area contributed by atoms with Crippen molar-refractivity contribution in [2.24, 2.45) is 22.7 Å². The number of rotatable bonds is 4. The first-order valence-electron chi connectivity index (χ1n) is 11.5. The molecule has 174 valence electrons. The fourth-order valence-corrected chi connectivity index (χ4v) is 6.59. The van der Waals surface area contributed by atoms with Crippen molar-refractivity contribution >= 4 is 16.9 Å². The maximum absolute atomic E-state index is 11.7. The molecule has 0 aliphatic heterocycles. The van der Waals surface area contributed by atoms with Gasteiger partial charge in [-0.05, 0) is 62.1 Å². The molecule has 2 aliphatic carbocycles. The van der Waals surface area contributed by atoms with E-state index in [0.29, 0.717) is 24.4 Å². The average molecular weight is 443 g/mol. The molecule has 0 saturated heterocycles. The smallest absolute Gasteiger partial charge is 0.336 e. The topological polar surface area (TPSA) is 86.0 Å². The molecule has 0 radical (unpaired) electrons. The lowest BCUT2D eigenvalue weighted by molar-refractivity contribution is -0.210. The van der Waals surface area contributed by atoms with Gasteiger partial charge in [0.25, 0.3) is 0 Å². The summed E-state index contributed by atoms with van der Waals surface area (Å²) in [6, 6.07) is 8.59. The number of benzene rings is 1. The number of hydrogen-bond donors (Lipinski definition) is 1. The number of hydrogen-bond acceptors (Lipinski definition) is 6. The van der Waals surface area contributed by atoms with E-state index >= 15 is 0 Å². The van der Waals surface area contributed by atoms with Crippen LogP contribution in [0.3, 0.4) is 0 Å². The molecule has 6 nitrogen and oxygen atoms in total. The van der Waals surface area contributed by atoms with E-state index in [9.17, 15) is 14.7 Å². The lowest BCUT2D eigenvalue weighted by atomic mass is 9.45. The summed E-state index contributed by atoms with van der Waals surface area (Å²) in [6.07, 6.45) is 3.06. The predicted molar refractivity (Wildman–Crippen MR) is 121 cm³/mol. The van der Waals surface area contributed by atoms with Gasteiger partial charge in [-0.25, -0.2) is 4.79 Å². The van der Waals surface area contributed by atoms with Crippen LogP contribution in [0, 0.1) is 22.7 Å². The van der Waals surface area contributed by atoms with Crippen LogP contribution < -0.4 is 10.4 Å². The summed E-state index contributed by atoms with van der Waals surface area (Å²) >= 11 is 0. The number of esters is 1. The molecular formula is C26H34O6. The fraction of sp³-hybridized carbons (Fsp3) is 0.615. The molecule has 0 amide bonds. The van der Waals surface area contributed by atoms with Gasteiger partial charge in [0, 0.05) is 35.8 Å². The summed E-state index contributed by atoms with van der Waals surface area (Å²) in [5.74, 6) is 0.569. The molecule has 2 fully saturated rings. The molecule has 2 aromatic rings. The zero-order chi connectivity index (χ0) is 23.3. The molecule has 1 aromatic heterocycles. The van der Waals surface area contributed by atoms with Gasteiger partial charge in [-0.3, -0.25) is 4.79 Å². The molecule has 1 aromatic carbocycles. The molecule has 0 unspecified atom stereocenters. The monoisotopic (exact) mass is 442 g/mol. The summed E-state index contributed by atoms with van der Waals surface area (Å²) in [6.45, 7) is 10.4. The Balaban J connectivity index is 1.59. The third-order valence-corrected chi connectivity index (χ3v) is 8.27. The highest BCUT2D eigenvalue weighted by Gasteiger charge is 2.61. The van der Waals surface area contributed by atoms with Crippen molar-refractivity contribution in [2.45, 2.75) is 72.0 Å². The second kappa shape index (κ2) is 7.91. The molecule has 32 heavy (non-hydrogen) atoms. The molecule has 4 rings (SSSR count). The van der Waals surface area contributed by atoms with E-state index in [4.69, 9.17) is 13.9 Å². The van der Waals surface area contributed by atoms with E-state index in [1.807, 2.05) is 19.1 Å².